The molecule has 0 amide bonds. The summed E-state index contributed by atoms with van der Waals surface area (Å²) in [4.78, 5) is 7.55. The van der Waals surface area contributed by atoms with E-state index in [9.17, 15) is 8.78 Å². The van der Waals surface area contributed by atoms with E-state index in [0.29, 0.717) is 22.4 Å². The molecule has 0 fully saturated rings. The summed E-state index contributed by atoms with van der Waals surface area (Å²) in [6.07, 6.45) is 2.63. The average Bonchev–Trinajstić information content (AvgIpc) is 2.96. The summed E-state index contributed by atoms with van der Waals surface area (Å²) < 4.78 is 26.8. The molecule has 0 saturated carbocycles. The molecular formula is C19H15F2N3. The van der Waals surface area contributed by atoms with Gasteiger partial charge in [0.1, 0.15) is 5.82 Å². The Morgan fingerprint density at radius 1 is 1.04 bits per heavy atom. The second-order valence-corrected chi connectivity index (χ2v) is 5.72. The summed E-state index contributed by atoms with van der Waals surface area (Å²) >= 11 is 0. The third kappa shape index (κ3) is 2.48. The minimum Gasteiger partial charge on any atom is -0.359 e. The van der Waals surface area contributed by atoms with Crippen LogP contribution in [-0.4, -0.2) is 9.97 Å². The number of hydrogen-bond acceptors (Lipinski definition) is 2. The minimum absolute atomic E-state index is 0.533. The van der Waals surface area contributed by atoms with Gasteiger partial charge in [-0.3, -0.25) is 0 Å². The van der Waals surface area contributed by atoms with E-state index < -0.39 is 11.6 Å². The number of anilines is 2. The number of halogens is 2. The number of H-pyrrole nitrogens is 1. The smallest absolute Gasteiger partial charge is 0.160 e. The van der Waals surface area contributed by atoms with Crippen molar-refractivity contribution in [2.45, 2.75) is 13.3 Å². The number of fused-ring (bicyclic) bond motifs is 2. The molecule has 0 aliphatic rings. The lowest BCUT2D eigenvalue weighted by atomic mass is 10.1. The topological polar surface area (TPSA) is 40.7 Å². The van der Waals surface area contributed by atoms with Crippen LogP contribution >= 0.6 is 0 Å². The van der Waals surface area contributed by atoms with E-state index in [1.54, 1.807) is 6.20 Å². The SMILES string of the molecule is CCc1ccc2ccc(Nc3c[nH]c4cc(F)c(F)cc34)nc2c1. The number of nitrogens with zero attached hydrogens (tertiary/aromatic N) is 1. The number of pyridine rings is 1. The second-order valence-electron chi connectivity index (χ2n) is 5.72. The van der Waals surface area contributed by atoms with Crippen molar-refractivity contribution in [3.05, 3.63) is 65.9 Å². The van der Waals surface area contributed by atoms with Gasteiger partial charge in [0.2, 0.25) is 0 Å². The van der Waals surface area contributed by atoms with Gasteiger partial charge >= 0.3 is 0 Å². The van der Waals surface area contributed by atoms with Crippen molar-refractivity contribution in [3.8, 4) is 0 Å². The first-order valence-corrected chi connectivity index (χ1v) is 7.77. The van der Waals surface area contributed by atoms with Crippen molar-refractivity contribution in [2.75, 3.05) is 5.32 Å². The molecule has 0 radical (unpaired) electrons. The van der Waals surface area contributed by atoms with Crippen LogP contribution in [-0.2, 0) is 6.42 Å². The summed E-state index contributed by atoms with van der Waals surface area (Å²) in [6.45, 7) is 2.10. The van der Waals surface area contributed by atoms with Crippen LogP contribution in [0.4, 0.5) is 20.3 Å². The van der Waals surface area contributed by atoms with Gasteiger partial charge in [0, 0.05) is 23.0 Å². The molecule has 0 spiro atoms. The van der Waals surface area contributed by atoms with Gasteiger partial charge in [0.25, 0.3) is 0 Å². The monoisotopic (exact) mass is 323 g/mol. The molecule has 2 aromatic carbocycles. The zero-order valence-electron chi connectivity index (χ0n) is 13.0. The number of benzene rings is 2. The fraction of sp³-hybridized carbons (Fsp3) is 0.105. The Balaban J connectivity index is 1.75. The molecule has 0 saturated heterocycles. The highest BCUT2D eigenvalue weighted by Gasteiger charge is 2.10. The molecule has 4 aromatic rings. The van der Waals surface area contributed by atoms with Crippen LogP contribution in [0, 0.1) is 11.6 Å². The summed E-state index contributed by atoms with van der Waals surface area (Å²) in [5.74, 6) is -1.09. The van der Waals surface area contributed by atoms with Crippen molar-refractivity contribution >= 4 is 33.3 Å². The fourth-order valence-electron chi connectivity index (χ4n) is 2.81. The molecular weight excluding hydrogens is 308 g/mol. The predicted octanol–water partition coefficient (Wildman–Crippen LogP) is 5.30. The van der Waals surface area contributed by atoms with E-state index in [2.05, 4.69) is 40.4 Å². The van der Waals surface area contributed by atoms with Gasteiger partial charge in [-0.15, -0.1) is 0 Å². The molecule has 24 heavy (non-hydrogen) atoms. The van der Waals surface area contributed by atoms with Crippen LogP contribution in [0.1, 0.15) is 12.5 Å². The Bertz CT molecular complexity index is 1050. The van der Waals surface area contributed by atoms with Crippen LogP contribution in [0.25, 0.3) is 21.8 Å². The van der Waals surface area contributed by atoms with Gasteiger partial charge in [-0.1, -0.05) is 19.1 Å². The number of hydrogen-bond donors (Lipinski definition) is 2. The number of nitrogens with one attached hydrogen (secondary N) is 2. The second kappa shape index (κ2) is 5.60. The first kappa shape index (κ1) is 14.6. The number of aryl methyl sites for hydroxylation is 1. The minimum atomic E-state index is -0.871. The molecule has 0 bridgehead atoms. The normalized spacial score (nSPS) is 11.3. The molecule has 2 heterocycles. The summed E-state index contributed by atoms with van der Waals surface area (Å²) in [5.41, 5.74) is 3.31. The molecule has 0 unspecified atom stereocenters. The molecule has 3 nitrogen and oxygen atoms in total. The van der Waals surface area contributed by atoms with Crippen LogP contribution in [0.15, 0.2) is 48.7 Å². The number of rotatable bonds is 3. The quantitative estimate of drug-likeness (QED) is 0.537. The Labute approximate surface area is 137 Å². The molecule has 0 aliphatic carbocycles. The van der Waals surface area contributed by atoms with Gasteiger partial charge in [-0.2, -0.15) is 0 Å². The first-order chi connectivity index (χ1) is 11.6. The Kier molecular flexibility index (Phi) is 3.41. The molecule has 0 atom stereocenters. The van der Waals surface area contributed by atoms with Crippen LogP contribution in [0.2, 0.25) is 0 Å². The average molecular weight is 323 g/mol. The predicted molar refractivity (Wildman–Crippen MR) is 92.6 cm³/mol. The highest BCUT2D eigenvalue weighted by molar-refractivity contribution is 5.94. The van der Waals surface area contributed by atoms with Gasteiger partial charge in [0.05, 0.1) is 16.7 Å². The molecule has 4 rings (SSSR count). The van der Waals surface area contributed by atoms with E-state index in [-0.39, 0.29) is 0 Å². The van der Waals surface area contributed by atoms with Gasteiger partial charge in [-0.05, 0) is 36.2 Å². The maximum Gasteiger partial charge on any atom is 0.160 e. The lowest BCUT2D eigenvalue weighted by Gasteiger charge is -2.07. The maximum atomic E-state index is 13.5. The zero-order chi connectivity index (χ0) is 16.7. The molecule has 2 aromatic heterocycles. The van der Waals surface area contributed by atoms with Crippen molar-refractivity contribution < 1.29 is 8.78 Å². The largest absolute Gasteiger partial charge is 0.359 e. The van der Waals surface area contributed by atoms with Crippen LogP contribution in [0.5, 0.6) is 0 Å². The molecule has 0 aliphatic heterocycles. The van der Waals surface area contributed by atoms with Crippen molar-refractivity contribution in [1.29, 1.82) is 0 Å². The molecule has 120 valence electrons. The third-order valence-corrected chi connectivity index (χ3v) is 4.15. The lowest BCUT2D eigenvalue weighted by Crippen LogP contribution is -1.94. The number of aromatic nitrogens is 2. The van der Waals surface area contributed by atoms with Gasteiger partial charge in [0.15, 0.2) is 11.6 Å². The van der Waals surface area contributed by atoms with Gasteiger partial charge < -0.3 is 10.3 Å². The van der Waals surface area contributed by atoms with Crippen LogP contribution in [0.3, 0.4) is 0 Å². The molecule has 5 heteroatoms. The Morgan fingerprint density at radius 2 is 1.83 bits per heavy atom. The van der Waals surface area contributed by atoms with Crippen molar-refractivity contribution in [3.63, 3.8) is 0 Å². The van der Waals surface area contributed by atoms with E-state index in [4.69, 9.17) is 0 Å². The summed E-state index contributed by atoms with van der Waals surface area (Å²) in [5, 5.41) is 4.81. The van der Waals surface area contributed by atoms with E-state index in [1.807, 2.05) is 12.1 Å². The molecule has 2 N–H and O–H groups in total. The van der Waals surface area contributed by atoms with Crippen molar-refractivity contribution in [2.24, 2.45) is 0 Å². The standard InChI is InChI=1S/C19H15F2N3/c1-2-11-3-4-12-5-6-19(23-16(12)7-11)24-18-10-22-17-9-15(21)14(20)8-13(17)18/h3-10,22H,2H2,1H3,(H,23,24). The van der Waals surface area contributed by atoms with E-state index in [1.165, 1.54) is 11.6 Å². The van der Waals surface area contributed by atoms with Crippen LogP contribution < -0.4 is 5.32 Å². The third-order valence-electron chi connectivity index (χ3n) is 4.15. The van der Waals surface area contributed by atoms with E-state index in [0.717, 1.165) is 23.4 Å². The summed E-state index contributed by atoms with van der Waals surface area (Å²) in [6, 6.07) is 12.4. The highest BCUT2D eigenvalue weighted by Crippen LogP contribution is 2.28. The van der Waals surface area contributed by atoms with E-state index >= 15 is 0 Å². The van der Waals surface area contributed by atoms with Crippen molar-refractivity contribution in [1.82, 2.24) is 9.97 Å². The Hall–Kier alpha value is -2.95. The first-order valence-electron chi connectivity index (χ1n) is 7.77. The number of aromatic amines is 1. The summed E-state index contributed by atoms with van der Waals surface area (Å²) in [7, 11) is 0. The maximum absolute atomic E-state index is 13.5. The fourth-order valence-corrected chi connectivity index (χ4v) is 2.81. The zero-order valence-corrected chi connectivity index (χ0v) is 13.0. The Morgan fingerprint density at radius 3 is 2.67 bits per heavy atom. The lowest BCUT2D eigenvalue weighted by molar-refractivity contribution is 0.511. The highest BCUT2D eigenvalue weighted by atomic mass is 19.2. The van der Waals surface area contributed by atoms with Gasteiger partial charge in [-0.25, -0.2) is 13.8 Å².